The predicted molar refractivity (Wildman–Crippen MR) is 98.0 cm³/mol. The van der Waals surface area contributed by atoms with E-state index in [4.69, 9.17) is 9.15 Å². The van der Waals surface area contributed by atoms with Gasteiger partial charge in [-0.1, -0.05) is 6.42 Å². The second-order valence-electron chi connectivity index (χ2n) is 6.78. The average molecular weight is 443 g/mol. The molecule has 0 aromatic carbocycles. The number of hydrogen-bond donors (Lipinski definition) is 1. The lowest BCUT2D eigenvalue weighted by Crippen LogP contribution is -2.41. The van der Waals surface area contributed by atoms with Gasteiger partial charge in [0.05, 0.1) is 0 Å². The number of rotatable bonds is 6. The average Bonchev–Trinajstić information content (AvgIpc) is 3.27. The molecule has 1 aromatic rings. The van der Waals surface area contributed by atoms with E-state index in [0.29, 0.717) is 11.7 Å². The molecule has 1 aromatic heterocycles. The van der Waals surface area contributed by atoms with Crippen LogP contribution in [0.1, 0.15) is 38.4 Å². The summed E-state index contributed by atoms with van der Waals surface area (Å²) in [7, 11) is 0. The van der Waals surface area contributed by atoms with E-state index in [1.165, 1.54) is 37.8 Å². The molecule has 130 valence electrons. The van der Waals surface area contributed by atoms with E-state index in [0.717, 1.165) is 15.6 Å². The van der Waals surface area contributed by atoms with E-state index in [1.807, 2.05) is 22.6 Å². The fraction of sp³-hybridized carbons (Fsp3) is 0.556. The van der Waals surface area contributed by atoms with Gasteiger partial charge in [-0.2, -0.15) is 0 Å². The lowest BCUT2D eigenvalue weighted by molar-refractivity contribution is -0.144. The van der Waals surface area contributed by atoms with Gasteiger partial charge >= 0.3 is 5.97 Å². The van der Waals surface area contributed by atoms with Crippen molar-refractivity contribution in [1.29, 1.82) is 0 Å². The van der Waals surface area contributed by atoms with Crippen LogP contribution in [0.5, 0.6) is 0 Å². The Hall–Kier alpha value is -1.31. The first-order valence-corrected chi connectivity index (χ1v) is 9.48. The van der Waals surface area contributed by atoms with Crippen LogP contribution in [0.4, 0.5) is 0 Å². The summed E-state index contributed by atoms with van der Waals surface area (Å²) in [5, 5.41) is 2.98. The first kappa shape index (κ1) is 17.5. The van der Waals surface area contributed by atoms with Gasteiger partial charge in [0.25, 0.3) is 5.91 Å². The summed E-state index contributed by atoms with van der Waals surface area (Å²) in [5.41, 5.74) is 0. The third-order valence-corrected chi connectivity index (χ3v) is 5.73. The summed E-state index contributed by atoms with van der Waals surface area (Å²) in [6.45, 7) is 1.81. The monoisotopic (exact) mass is 443 g/mol. The Morgan fingerprint density at radius 1 is 1.42 bits per heavy atom. The minimum Gasteiger partial charge on any atom is -0.452 e. The zero-order valence-electron chi connectivity index (χ0n) is 13.7. The van der Waals surface area contributed by atoms with E-state index in [9.17, 15) is 9.59 Å². The molecule has 1 heterocycles. The summed E-state index contributed by atoms with van der Waals surface area (Å²) in [6.07, 6.45) is 7.97. The van der Waals surface area contributed by atoms with Gasteiger partial charge in [0.2, 0.25) is 0 Å². The quantitative estimate of drug-likeness (QED) is 0.416. The van der Waals surface area contributed by atoms with Gasteiger partial charge < -0.3 is 14.5 Å². The van der Waals surface area contributed by atoms with E-state index >= 15 is 0 Å². The summed E-state index contributed by atoms with van der Waals surface area (Å²) in [6, 6.07) is 3.71. The van der Waals surface area contributed by atoms with E-state index in [1.54, 1.807) is 12.1 Å². The van der Waals surface area contributed by atoms with Crippen LogP contribution in [-0.4, -0.2) is 24.5 Å². The molecule has 2 aliphatic carbocycles. The van der Waals surface area contributed by atoms with Crippen LogP contribution in [0.3, 0.4) is 0 Å². The molecule has 6 heteroatoms. The Labute approximate surface area is 155 Å². The van der Waals surface area contributed by atoms with Crippen LogP contribution in [0, 0.1) is 21.5 Å². The lowest BCUT2D eigenvalue weighted by Gasteiger charge is -2.28. The Balaban J connectivity index is 1.39. The zero-order chi connectivity index (χ0) is 17.1. The van der Waals surface area contributed by atoms with Crippen molar-refractivity contribution in [3.63, 3.8) is 0 Å². The van der Waals surface area contributed by atoms with Gasteiger partial charge in [-0.3, -0.25) is 4.79 Å². The van der Waals surface area contributed by atoms with Gasteiger partial charge in [-0.25, -0.2) is 4.79 Å². The third kappa shape index (κ3) is 4.40. The normalized spacial score (nSPS) is 26.7. The molecule has 1 amide bonds. The molecular weight excluding hydrogens is 421 g/mol. The topological polar surface area (TPSA) is 68.5 Å². The molecule has 0 spiro atoms. The highest BCUT2D eigenvalue weighted by molar-refractivity contribution is 14.1. The number of esters is 1. The molecule has 2 fully saturated rings. The lowest BCUT2D eigenvalue weighted by atomic mass is 9.84. The van der Waals surface area contributed by atoms with E-state index < -0.39 is 5.97 Å². The highest BCUT2D eigenvalue weighted by Crippen LogP contribution is 2.49. The molecule has 3 rings (SSSR count). The van der Waals surface area contributed by atoms with Gasteiger partial charge in [0, 0.05) is 12.1 Å². The van der Waals surface area contributed by atoms with Crippen LogP contribution in [0.15, 0.2) is 22.6 Å². The maximum absolute atomic E-state index is 12.0. The smallest absolute Gasteiger partial charge is 0.331 e. The summed E-state index contributed by atoms with van der Waals surface area (Å²) in [4.78, 5) is 23.6. The molecule has 0 radical (unpaired) electrons. The number of fused-ring (bicyclic) bond motifs is 2. The van der Waals surface area contributed by atoms with Crippen molar-refractivity contribution >= 4 is 40.5 Å². The first-order valence-electron chi connectivity index (χ1n) is 8.41. The molecule has 4 atom stereocenters. The van der Waals surface area contributed by atoms with Gasteiger partial charge in [0.15, 0.2) is 10.4 Å². The molecule has 0 aliphatic heterocycles. The zero-order valence-corrected chi connectivity index (χ0v) is 15.8. The van der Waals surface area contributed by atoms with Gasteiger partial charge in [0.1, 0.15) is 5.76 Å². The van der Waals surface area contributed by atoms with Crippen LogP contribution >= 0.6 is 22.6 Å². The van der Waals surface area contributed by atoms with E-state index in [-0.39, 0.29) is 18.6 Å². The van der Waals surface area contributed by atoms with Gasteiger partial charge in [-0.05, 0) is 84.7 Å². The SMILES string of the molecule is CC(NC(=O)COC(=O)C=Cc1ccc(I)o1)C1CC2CCC1C2. The Morgan fingerprint density at radius 3 is 2.88 bits per heavy atom. The highest BCUT2D eigenvalue weighted by Gasteiger charge is 2.42. The predicted octanol–water partition coefficient (Wildman–Crippen LogP) is 3.38. The van der Waals surface area contributed by atoms with Crippen molar-refractivity contribution < 1.29 is 18.7 Å². The Bertz CT molecular complexity index is 639. The fourth-order valence-corrected chi connectivity index (χ4v) is 4.50. The molecule has 0 saturated heterocycles. The summed E-state index contributed by atoms with van der Waals surface area (Å²) < 4.78 is 11.0. The second kappa shape index (κ2) is 7.72. The van der Waals surface area contributed by atoms with Crippen molar-refractivity contribution in [3.8, 4) is 0 Å². The van der Waals surface area contributed by atoms with Crippen LogP contribution in [0.25, 0.3) is 6.08 Å². The molecule has 24 heavy (non-hydrogen) atoms. The van der Waals surface area contributed by atoms with Crippen molar-refractivity contribution in [3.05, 3.63) is 27.7 Å². The summed E-state index contributed by atoms with van der Waals surface area (Å²) >= 11 is 2.05. The van der Waals surface area contributed by atoms with Crippen molar-refractivity contribution in [1.82, 2.24) is 5.32 Å². The molecule has 1 N–H and O–H groups in total. The number of carbonyl (C=O) groups excluding carboxylic acids is 2. The number of carbonyl (C=O) groups is 2. The second-order valence-corrected chi connectivity index (χ2v) is 7.84. The third-order valence-electron chi connectivity index (χ3n) is 5.15. The van der Waals surface area contributed by atoms with Gasteiger partial charge in [-0.15, -0.1) is 0 Å². The number of halogens is 1. The summed E-state index contributed by atoms with van der Waals surface area (Å²) in [5.74, 6) is 1.97. The van der Waals surface area contributed by atoms with Crippen molar-refractivity contribution in [2.75, 3.05) is 6.61 Å². The fourth-order valence-electron chi connectivity index (χ4n) is 4.06. The largest absolute Gasteiger partial charge is 0.452 e. The first-order chi connectivity index (χ1) is 11.5. The maximum atomic E-state index is 12.0. The number of furan rings is 1. The standard InChI is InChI=1S/C18H22INO4/c1-11(15-9-12-2-3-13(15)8-12)20-17(21)10-23-18(22)7-5-14-4-6-16(19)24-14/h4-7,11-13,15H,2-3,8-10H2,1H3,(H,20,21). The molecule has 2 bridgehead atoms. The Kier molecular flexibility index (Phi) is 5.63. The molecular formula is C18H22INO4. The number of nitrogens with one attached hydrogen (secondary N) is 1. The van der Waals surface area contributed by atoms with Crippen LogP contribution in [0.2, 0.25) is 0 Å². The van der Waals surface area contributed by atoms with E-state index in [2.05, 4.69) is 12.2 Å². The highest BCUT2D eigenvalue weighted by atomic mass is 127. The van der Waals surface area contributed by atoms with Crippen molar-refractivity contribution in [2.45, 2.75) is 38.6 Å². The maximum Gasteiger partial charge on any atom is 0.331 e. The molecule has 2 aliphatic rings. The minimum absolute atomic E-state index is 0.146. The number of ether oxygens (including phenoxy) is 1. The van der Waals surface area contributed by atoms with Crippen LogP contribution in [-0.2, 0) is 14.3 Å². The number of amides is 1. The number of hydrogen-bond acceptors (Lipinski definition) is 4. The van der Waals surface area contributed by atoms with Crippen LogP contribution < -0.4 is 5.32 Å². The Morgan fingerprint density at radius 2 is 2.25 bits per heavy atom. The van der Waals surface area contributed by atoms with Crippen molar-refractivity contribution in [2.24, 2.45) is 17.8 Å². The molecule has 2 saturated carbocycles. The minimum atomic E-state index is -0.552. The molecule has 5 nitrogen and oxygen atoms in total. The molecule has 4 unspecified atom stereocenters.